The Morgan fingerprint density at radius 2 is 2.04 bits per heavy atom. The van der Waals surface area contributed by atoms with Gasteiger partial charge >= 0.3 is 0 Å². The van der Waals surface area contributed by atoms with Crippen LogP contribution in [0.25, 0.3) is 16.2 Å². The van der Waals surface area contributed by atoms with Gasteiger partial charge in [0.1, 0.15) is 17.3 Å². The van der Waals surface area contributed by atoms with Crippen LogP contribution in [0.1, 0.15) is 10.5 Å². The number of nitrogens with one attached hydrogen (secondary N) is 1. The molecule has 0 aliphatic rings. The van der Waals surface area contributed by atoms with Crippen LogP contribution in [-0.2, 0) is 0 Å². The lowest BCUT2D eigenvalue weighted by molar-refractivity contribution is 0.102. The lowest BCUT2D eigenvalue weighted by Crippen LogP contribution is -2.13. The second-order valence-corrected chi connectivity index (χ2v) is 6.43. The molecule has 0 aliphatic heterocycles. The molecule has 0 saturated carbocycles. The number of fused-ring (bicyclic) bond motifs is 1. The number of hydrogen-bond acceptors (Lipinski definition) is 4. The van der Waals surface area contributed by atoms with Crippen molar-refractivity contribution in [1.29, 1.82) is 0 Å². The van der Waals surface area contributed by atoms with Crippen molar-refractivity contribution in [1.82, 2.24) is 9.38 Å². The standard InChI is InChI=1S/C19H14FN3O2S/c1-25-15-4-2-3-14(9-15)21-18(24)17-11-26-19-22-16(10-23(17)19)12-5-7-13(20)8-6-12/h2-11H,1H3,(H,21,24). The van der Waals surface area contributed by atoms with Gasteiger partial charge in [0, 0.05) is 28.9 Å². The van der Waals surface area contributed by atoms with E-state index in [1.54, 1.807) is 47.4 Å². The van der Waals surface area contributed by atoms with Crippen molar-refractivity contribution in [3.63, 3.8) is 0 Å². The third-order valence-electron chi connectivity index (χ3n) is 3.91. The molecule has 2 aromatic carbocycles. The molecule has 0 unspecified atom stereocenters. The lowest BCUT2D eigenvalue weighted by atomic mass is 10.2. The Morgan fingerprint density at radius 3 is 2.81 bits per heavy atom. The quantitative estimate of drug-likeness (QED) is 0.579. The highest BCUT2D eigenvalue weighted by atomic mass is 32.1. The van der Waals surface area contributed by atoms with Gasteiger partial charge in [0.25, 0.3) is 5.91 Å². The van der Waals surface area contributed by atoms with Crippen LogP contribution in [0.4, 0.5) is 10.1 Å². The summed E-state index contributed by atoms with van der Waals surface area (Å²) < 4.78 is 20.0. The van der Waals surface area contributed by atoms with E-state index in [2.05, 4.69) is 10.3 Å². The Morgan fingerprint density at radius 1 is 1.23 bits per heavy atom. The Balaban J connectivity index is 1.64. The van der Waals surface area contributed by atoms with Crippen molar-refractivity contribution in [3.05, 3.63) is 71.6 Å². The van der Waals surface area contributed by atoms with E-state index < -0.39 is 0 Å². The molecule has 2 aromatic heterocycles. The summed E-state index contributed by atoms with van der Waals surface area (Å²) in [4.78, 5) is 17.8. The van der Waals surface area contributed by atoms with E-state index in [1.165, 1.54) is 23.5 Å². The molecule has 4 rings (SSSR count). The molecule has 0 aliphatic carbocycles. The first kappa shape index (κ1) is 16.3. The fourth-order valence-corrected chi connectivity index (χ4v) is 3.46. The maximum Gasteiger partial charge on any atom is 0.273 e. The second-order valence-electron chi connectivity index (χ2n) is 5.59. The number of nitrogens with zero attached hydrogens (tertiary/aromatic N) is 2. The first-order chi connectivity index (χ1) is 12.6. The zero-order chi connectivity index (χ0) is 18.1. The Hall–Kier alpha value is -3.19. The van der Waals surface area contributed by atoms with Gasteiger partial charge in [0.15, 0.2) is 4.96 Å². The van der Waals surface area contributed by atoms with E-state index in [0.717, 1.165) is 5.56 Å². The summed E-state index contributed by atoms with van der Waals surface area (Å²) in [5.74, 6) is 0.125. The number of carbonyl (C=O) groups excluding carboxylic acids is 1. The van der Waals surface area contributed by atoms with Gasteiger partial charge in [-0.2, -0.15) is 0 Å². The maximum atomic E-state index is 13.1. The van der Waals surface area contributed by atoms with Crippen LogP contribution < -0.4 is 10.1 Å². The molecule has 5 nitrogen and oxygen atoms in total. The summed E-state index contributed by atoms with van der Waals surface area (Å²) in [5, 5.41) is 4.61. The van der Waals surface area contributed by atoms with Crippen molar-refractivity contribution in [3.8, 4) is 17.0 Å². The normalized spacial score (nSPS) is 10.8. The Labute approximate surface area is 152 Å². The number of halogens is 1. The minimum atomic E-state index is -0.298. The largest absolute Gasteiger partial charge is 0.497 e. The number of methoxy groups -OCH3 is 1. The first-order valence-corrected chi connectivity index (χ1v) is 8.70. The lowest BCUT2D eigenvalue weighted by Gasteiger charge is -2.06. The molecule has 7 heteroatoms. The van der Waals surface area contributed by atoms with Gasteiger partial charge < -0.3 is 10.1 Å². The SMILES string of the molecule is COc1cccc(NC(=O)c2csc3nc(-c4ccc(F)cc4)cn23)c1. The smallest absolute Gasteiger partial charge is 0.273 e. The molecule has 4 aromatic rings. The maximum absolute atomic E-state index is 13.1. The number of benzene rings is 2. The summed E-state index contributed by atoms with van der Waals surface area (Å²) in [6, 6.07) is 13.3. The predicted molar refractivity (Wildman–Crippen MR) is 99.4 cm³/mol. The second kappa shape index (κ2) is 6.61. The monoisotopic (exact) mass is 367 g/mol. The van der Waals surface area contributed by atoms with E-state index in [-0.39, 0.29) is 11.7 Å². The molecular formula is C19H14FN3O2S. The van der Waals surface area contributed by atoms with Crippen LogP contribution >= 0.6 is 11.3 Å². The van der Waals surface area contributed by atoms with Gasteiger partial charge in [-0.1, -0.05) is 6.07 Å². The third-order valence-corrected chi connectivity index (χ3v) is 4.75. The fourth-order valence-electron chi connectivity index (χ4n) is 2.60. The van der Waals surface area contributed by atoms with E-state index >= 15 is 0 Å². The number of rotatable bonds is 4. The Kier molecular flexibility index (Phi) is 4.14. The van der Waals surface area contributed by atoms with E-state index in [9.17, 15) is 9.18 Å². The highest BCUT2D eigenvalue weighted by molar-refractivity contribution is 7.15. The number of amides is 1. The number of anilines is 1. The van der Waals surface area contributed by atoms with Crippen LogP contribution in [0, 0.1) is 5.82 Å². The van der Waals surface area contributed by atoms with Gasteiger partial charge in [-0.25, -0.2) is 9.37 Å². The van der Waals surface area contributed by atoms with Gasteiger partial charge in [0.05, 0.1) is 12.8 Å². The summed E-state index contributed by atoms with van der Waals surface area (Å²) >= 11 is 1.37. The minimum Gasteiger partial charge on any atom is -0.497 e. The highest BCUT2D eigenvalue weighted by Crippen LogP contribution is 2.25. The molecule has 130 valence electrons. The van der Waals surface area contributed by atoms with Gasteiger partial charge in [0.2, 0.25) is 0 Å². The van der Waals surface area contributed by atoms with E-state index in [4.69, 9.17) is 4.74 Å². The molecule has 2 heterocycles. The molecule has 0 atom stereocenters. The van der Waals surface area contributed by atoms with Crippen LogP contribution in [0.2, 0.25) is 0 Å². The number of ether oxygens (including phenoxy) is 1. The molecule has 1 amide bonds. The number of aromatic nitrogens is 2. The van der Waals surface area contributed by atoms with Crippen molar-refractivity contribution in [2.75, 3.05) is 12.4 Å². The first-order valence-electron chi connectivity index (χ1n) is 7.82. The average molecular weight is 367 g/mol. The molecule has 0 radical (unpaired) electrons. The zero-order valence-corrected chi connectivity index (χ0v) is 14.6. The van der Waals surface area contributed by atoms with Crippen LogP contribution in [0.5, 0.6) is 5.75 Å². The summed E-state index contributed by atoms with van der Waals surface area (Å²) in [5.41, 5.74) is 2.61. The van der Waals surface area contributed by atoms with Gasteiger partial charge in [-0.05, 0) is 36.4 Å². The molecule has 26 heavy (non-hydrogen) atoms. The molecule has 0 saturated heterocycles. The average Bonchev–Trinajstić information content (AvgIpc) is 3.23. The van der Waals surface area contributed by atoms with E-state index in [0.29, 0.717) is 27.8 Å². The molecular weight excluding hydrogens is 353 g/mol. The molecule has 0 bridgehead atoms. The van der Waals surface area contributed by atoms with Gasteiger partial charge in [-0.3, -0.25) is 9.20 Å². The third kappa shape index (κ3) is 3.04. The summed E-state index contributed by atoms with van der Waals surface area (Å²) in [6.07, 6.45) is 1.78. The molecule has 1 N–H and O–H groups in total. The zero-order valence-electron chi connectivity index (χ0n) is 13.8. The molecule has 0 spiro atoms. The topological polar surface area (TPSA) is 55.6 Å². The fraction of sp³-hybridized carbons (Fsp3) is 0.0526. The summed E-state index contributed by atoms with van der Waals surface area (Å²) in [6.45, 7) is 0. The number of thiazole rings is 1. The van der Waals surface area contributed by atoms with Crippen LogP contribution in [0.15, 0.2) is 60.1 Å². The number of imidazole rings is 1. The number of carbonyl (C=O) groups is 1. The highest BCUT2D eigenvalue weighted by Gasteiger charge is 2.15. The van der Waals surface area contributed by atoms with E-state index in [1.807, 2.05) is 12.1 Å². The van der Waals surface area contributed by atoms with Crippen LogP contribution in [-0.4, -0.2) is 22.4 Å². The van der Waals surface area contributed by atoms with Crippen molar-refractivity contribution >= 4 is 27.9 Å². The number of hydrogen-bond donors (Lipinski definition) is 1. The van der Waals surface area contributed by atoms with Crippen LogP contribution in [0.3, 0.4) is 0 Å². The van der Waals surface area contributed by atoms with Crippen molar-refractivity contribution in [2.45, 2.75) is 0 Å². The predicted octanol–water partition coefficient (Wildman–Crippen LogP) is 4.46. The summed E-state index contributed by atoms with van der Waals surface area (Å²) in [7, 11) is 1.58. The molecule has 0 fully saturated rings. The minimum absolute atomic E-state index is 0.243. The van der Waals surface area contributed by atoms with Crippen molar-refractivity contribution < 1.29 is 13.9 Å². The van der Waals surface area contributed by atoms with Gasteiger partial charge in [-0.15, -0.1) is 11.3 Å². The Bertz CT molecular complexity index is 1090. The van der Waals surface area contributed by atoms with Crippen molar-refractivity contribution in [2.24, 2.45) is 0 Å².